The van der Waals surface area contributed by atoms with Gasteiger partial charge in [0.1, 0.15) is 0 Å². The molecule has 0 radical (unpaired) electrons. The largest absolute Gasteiger partial charge is 0.466 e. The molecular formula is C18H30O6. The van der Waals surface area contributed by atoms with E-state index in [9.17, 15) is 14.4 Å². The number of ether oxygens (including phenoxy) is 3. The van der Waals surface area contributed by atoms with Crippen molar-refractivity contribution in [3.8, 4) is 0 Å². The summed E-state index contributed by atoms with van der Waals surface area (Å²) in [4.78, 5) is 31.4. The van der Waals surface area contributed by atoms with Crippen molar-refractivity contribution < 1.29 is 28.6 Å². The number of carbonyl (C=O) groups is 3. The van der Waals surface area contributed by atoms with E-state index in [2.05, 4.69) is 14.2 Å². The van der Waals surface area contributed by atoms with Gasteiger partial charge in [-0.2, -0.15) is 0 Å². The van der Waals surface area contributed by atoms with Crippen LogP contribution in [0.4, 0.5) is 0 Å². The summed E-state index contributed by atoms with van der Waals surface area (Å²) in [6.45, 7) is 10.5. The summed E-state index contributed by atoms with van der Waals surface area (Å²) in [7, 11) is 4.11. The van der Waals surface area contributed by atoms with Crippen molar-refractivity contribution in [3.63, 3.8) is 0 Å². The number of hydrogen-bond donors (Lipinski definition) is 0. The molecule has 0 rings (SSSR count). The Morgan fingerprint density at radius 3 is 0.750 bits per heavy atom. The second kappa shape index (κ2) is 17.0. The zero-order valence-corrected chi connectivity index (χ0v) is 16.2. The highest BCUT2D eigenvalue weighted by atomic mass is 16.5. The van der Waals surface area contributed by atoms with E-state index in [4.69, 9.17) is 0 Å². The zero-order chi connectivity index (χ0) is 19.7. The molecule has 0 heterocycles. The normalized spacial score (nSPS) is 11.1. The van der Waals surface area contributed by atoms with Gasteiger partial charge >= 0.3 is 17.9 Å². The van der Waals surface area contributed by atoms with E-state index in [1.54, 1.807) is 59.8 Å². The molecule has 6 nitrogen and oxygen atoms in total. The van der Waals surface area contributed by atoms with Gasteiger partial charge in [-0.25, -0.2) is 14.4 Å². The Hall–Kier alpha value is -2.37. The molecule has 0 saturated carbocycles. The monoisotopic (exact) mass is 342 g/mol. The SMILES string of the molecule is C/C=C(\C)C(=O)OC.C/C=C(\C)C(=O)OC.C/C=C(\C)C(=O)OC. The fraction of sp³-hybridized carbons (Fsp3) is 0.500. The van der Waals surface area contributed by atoms with Crippen LogP contribution in [0.15, 0.2) is 34.9 Å². The molecule has 0 aromatic rings. The van der Waals surface area contributed by atoms with Gasteiger partial charge in [0.15, 0.2) is 0 Å². The van der Waals surface area contributed by atoms with Crippen LogP contribution in [0, 0.1) is 0 Å². The molecule has 0 saturated heterocycles. The molecule has 0 bridgehead atoms. The maximum absolute atomic E-state index is 10.5. The molecule has 0 unspecified atom stereocenters. The zero-order valence-electron chi connectivity index (χ0n) is 16.2. The molecule has 0 N–H and O–H groups in total. The van der Waals surface area contributed by atoms with Crippen LogP contribution >= 0.6 is 0 Å². The number of methoxy groups -OCH3 is 3. The summed E-state index contributed by atoms with van der Waals surface area (Å²) in [6, 6.07) is 0. The van der Waals surface area contributed by atoms with Crippen LogP contribution in [0.5, 0.6) is 0 Å². The van der Waals surface area contributed by atoms with Crippen molar-refractivity contribution in [2.45, 2.75) is 41.5 Å². The molecule has 0 aromatic carbocycles. The predicted molar refractivity (Wildman–Crippen MR) is 94.3 cm³/mol. The van der Waals surface area contributed by atoms with Crippen LogP contribution in [0.1, 0.15) is 41.5 Å². The van der Waals surface area contributed by atoms with Crippen LogP contribution in [-0.4, -0.2) is 39.2 Å². The molecule has 0 spiro atoms. The first-order chi connectivity index (χ1) is 11.2. The highest BCUT2D eigenvalue weighted by Crippen LogP contribution is 1.93. The number of allylic oxidation sites excluding steroid dienone is 3. The highest BCUT2D eigenvalue weighted by Gasteiger charge is 1.99. The van der Waals surface area contributed by atoms with Crippen LogP contribution in [0.2, 0.25) is 0 Å². The van der Waals surface area contributed by atoms with Crippen molar-refractivity contribution in [1.82, 2.24) is 0 Å². The maximum Gasteiger partial charge on any atom is 0.333 e. The van der Waals surface area contributed by atoms with E-state index in [0.29, 0.717) is 16.7 Å². The first kappa shape index (κ1) is 26.5. The van der Waals surface area contributed by atoms with Crippen LogP contribution < -0.4 is 0 Å². The van der Waals surface area contributed by atoms with Gasteiger partial charge in [-0.1, -0.05) is 18.2 Å². The quantitative estimate of drug-likeness (QED) is 0.444. The second-order valence-electron chi connectivity index (χ2n) is 4.39. The predicted octanol–water partition coefficient (Wildman–Crippen LogP) is 3.38. The fourth-order valence-electron chi connectivity index (χ4n) is 0.837. The Kier molecular flexibility index (Phi) is 18.8. The van der Waals surface area contributed by atoms with Crippen molar-refractivity contribution in [2.24, 2.45) is 0 Å². The number of esters is 3. The van der Waals surface area contributed by atoms with Crippen molar-refractivity contribution in [1.29, 1.82) is 0 Å². The lowest BCUT2D eigenvalue weighted by Crippen LogP contribution is -2.00. The molecule has 0 aliphatic heterocycles. The lowest BCUT2D eigenvalue weighted by atomic mass is 10.3. The van der Waals surface area contributed by atoms with Crippen LogP contribution in [0.3, 0.4) is 0 Å². The molecule has 0 atom stereocenters. The van der Waals surface area contributed by atoms with Crippen molar-refractivity contribution in [3.05, 3.63) is 34.9 Å². The summed E-state index contributed by atoms with van der Waals surface area (Å²) in [5.41, 5.74) is 1.94. The summed E-state index contributed by atoms with van der Waals surface area (Å²) >= 11 is 0. The van der Waals surface area contributed by atoms with Crippen molar-refractivity contribution in [2.75, 3.05) is 21.3 Å². The average Bonchev–Trinajstić information content (AvgIpc) is 2.64. The molecule has 0 aliphatic carbocycles. The van der Waals surface area contributed by atoms with E-state index in [1.807, 2.05) is 0 Å². The number of carbonyl (C=O) groups excluding carboxylic acids is 3. The fourth-order valence-corrected chi connectivity index (χ4v) is 0.837. The third-order valence-electron chi connectivity index (χ3n) is 2.82. The first-order valence-corrected chi connectivity index (χ1v) is 7.30. The van der Waals surface area contributed by atoms with Gasteiger partial charge in [-0.05, 0) is 41.5 Å². The minimum atomic E-state index is -0.257. The van der Waals surface area contributed by atoms with Gasteiger partial charge < -0.3 is 14.2 Å². The molecular weight excluding hydrogens is 312 g/mol. The summed E-state index contributed by atoms with van der Waals surface area (Å²) in [5, 5.41) is 0. The lowest BCUT2D eigenvalue weighted by molar-refractivity contribution is -0.136. The van der Waals surface area contributed by atoms with Gasteiger partial charge in [0.25, 0.3) is 0 Å². The van der Waals surface area contributed by atoms with Crippen LogP contribution in [-0.2, 0) is 28.6 Å². The van der Waals surface area contributed by atoms with Crippen LogP contribution in [0.25, 0.3) is 0 Å². The summed E-state index contributed by atoms with van der Waals surface area (Å²) in [5.74, 6) is -0.771. The third kappa shape index (κ3) is 14.6. The standard InChI is InChI=1S/3C6H10O2/c3*1-4-5(2)6(7)8-3/h3*4H,1-3H3/b3*5-4+. The second-order valence-corrected chi connectivity index (χ2v) is 4.39. The molecule has 0 aliphatic rings. The van der Waals surface area contributed by atoms with Gasteiger partial charge in [-0.3, -0.25) is 0 Å². The third-order valence-corrected chi connectivity index (χ3v) is 2.82. The number of hydrogen-bond acceptors (Lipinski definition) is 6. The Bertz CT molecular complexity index is 412. The summed E-state index contributed by atoms with van der Waals surface area (Å²) in [6.07, 6.45) is 5.14. The van der Waals surface area contributed by atoms with Gasteiger partial charge in [0.2, 0.25) is 0 Å². The first-order valence-electron chi connectivity index (χ1n) is 7.30. The molecule has 138 valence electrons. The Morgan fingerprint density at radius 1 is 0.542 bits per heavy atom. The molecule has 24 heavy (non-hydrogen) atoms. The topological polar surface area (TPSA) is 78.9 Å². The number of rotatable bonds is 3. The smallest absolute Gasteiger partial charge is 0.333 e. The minimum Gasteiger partial charge on any atom is -0.466 e. The van der Waals surface area contributed by atoms with Gasteiger partial charge in [-0.15, -0.1) is 0 Å². The minimum absolute atomic E-state index is 0.257. The van der Waals surface area contributed by atoms with E-state index < -0.39 is 0 Å². The van der Waals surface area contributed by atoms with E-state index in [1.165, 1.54) is 21.3 Å². The van der Waals surface area contributed by atoms with Crippen molar-refractivity contribution >= 4 is 17.9 Å². The Balaban J connectivity index is -0.000000276. The van der Waals surface area contributed by atoms with Gasteiger partial charge in [0.05, 0.1) is 21.3 Å². The molecule has 0 aromatic heterocycles. The Labute approximate surface area is 145 Å². The van der Waals surface area contributed by atoms with E-state index in [-0.39, 0.29) is 17.9 Å². The molecule has 6 heteroatoms. The lowest BCUT2D eigenvalue weighted by Gasteiger charge is -1.93. The van der Waals surface area contributed by atoms with E-state index in [0.717, 1.165) is 0 Å². The molecule has 0 amide bonds. The average molecular weight is 342 g/mol. The highest BCUT2D eigenvalue weighted by molar-refractivity contribution is 5.88. The Morgan fingerprint density at radius 2 is 0.708 bits per heavy atom. The van der Waals surface area contributed by atoms with E-state index >= 15 is 0 Å². The van der Waals surface area contributed by atoms with Gasteiger partial charge in [0, 0.05) is 16.7 Å². The summed E-state index contributed by atoms with van der Waals surface area (Å²) < 4.78 is 13.2. The molecule has 0 fully saturated rings. The maximum atomic E-state index is 10.5.